The van der Waals surface area contributed by atoms with E-state index in [0.29, 0.717) is 39.5 Å². The van der Waals surface area contributed by atoms with Gasteiger partial charge in [0.1, 0.15) is 0 Å². The van der Waals surface area contributed by atoms with E-state index in [9.17, 15) is 42.8 Å². The number of rotatable bonds is 9. The van der Waals surface area contributed by atoms with Crippen LogP contribution in [-0.2, 0) is 40.8 Å². The van der Waals surface area contributed by atoms with Crippen LogP contribution in [0, 0.1) is 0 Å². The molecule has 0 amide bonds. The molecular weight excluding hydrogens is 546 g/mol. The molecule has 1 aromatic carbocycles. The molecule has 0 heterocycles. The van der Waals surface area contributed by atoms with Crippen molar-refractivity contribution in [3.8, 4) is 0 Å². The maximum Gasteiger partial charge on any atom is 1.00 e. The monoisotopic (exact) mass is 558 g/mol. The van der Waals surface area contributed by atoms with E-state index in [1.165, 1.54) is 0 Å². The Hall–Kier alpha value is 1.08. The fourth-order valence-electron chi connectivity index (χ4n) is 1.56. The topological polar surface area (TPSA) is 227 Å². The Morgan fingerprint density at radius 1 is 0.576 bits per heavy atom. The van der Waals surface area contributed by atoms with Crippen LogP contribution in [0.2, 0.25) is 0 Å². The normalized spacial score (nSPS) is 15.5. The third kappa shape index (κ3) is 13.3. The molecule has 3 atom stereocenters. The molecule has 1 rings (SSSR count). The van der Waals surface area contributed by atoms with E-state index in [1.54, 1.807) is 0 Å². The van der Waals surface area contributed by atoms with E-state index in [1.807, 2.05) is 0 Å². The Balaban J connectivity index is -0.00000300. The number of hydrogen-bond donors (Lipinski definition) is 0. The Morgan fingerprint density at radius 3 is 0.909 bits per heavy atom. The molecule has 0 saturated heterocycles. The van der Waals surface area contributed by atoms with E-state index in [-0.39, 0.29) is 88.7 Å². The fraction of sp³-hybridized carbons (Fsp3) is 0.250. The number of phosphoric ester groups is 3. The van der Waals surface area contributed by atoms with Gasteiger partial charge in [-0.3, -0.25) is 13.7 Å². The summed E-state index contributed by atoms with van der Waals surface area (Å²) in [6.07, 6.45) is 0. The standard InChI is InChI=1S/C12H15O15P3.3Na/c1-22-28(16,17)25-10(13)7-4-8(11(14)26-29(18,19)23-2)6-9(5-7)12(15)27-30(20,21)24-3;;;/h4-6H,1-3H3,(H,16,17)(H,18,19)(H,20,21);;;/q;3*+1/p-3. The zero-order chi connectivity index (χ0) is 23.3. The first kappa shape index (κ1) is 38.6. The third-order valence-electron chi connectivity index (χ3n) is 2.90. The predicted molar refractivity (Wildman–Crippen MR) is 86.5 cm³/mol. The SMILES string of the molecule is COP(=O)([O-])OC(=O)c1cc(C(=O)OP(=O)([O-])OC)cc(C(=O)OP(=O)([O-])OC)c1.[Na+].[Na+].[Na+]. The Bertz CT molecular complexity index is 864. The second kappa shape index (κ2) is 16.0. The average molecular weight is 558 g/mol. The minimum atomic E-state index is -5.11. The van der Waals surface area contributed by atoms with Gasteiger partial charge in [0.15, 0.2) is 0 Å². The molecule has 0 aliphatic carbocycles. The minimum Gasteiger partial charge on any atom is -0.746 e. The number of phosphoric acid groups is 3. The van der Waals surface area contributed by atoms with Gasteiger partial charge < -0.3 is 41.8 Å². The van der Waals surface area contributed by atoms with Gasteiger partial charge in [0.05, 0.1) is 16.7 Å². The van der Waals surface area contributed by atoms with Gasteiger partial charge in [-0.15, -0.1) is 0 Å². The molecule has 0 N–H and O–H groups in total. The molecule has 15 nitrogen and oxygen atoms in total. The van der Waals surface area contributed by atoms with Crippen molar-refractivity contribution in [3.63, 3.8) is 0 Å². The minimum absolute atomic E-state index is 0. The first-order valence-electron chi connectivity index (χ1n) is 7.12. The summed E-state index contributed by atoms with van der Waals surface area (Å²) in [6, 6.07) is 1.75. The van der Waals surface area contributed by atoms with Crippen LogP contribution in [-0.4, -0.2) is 39.2 Å². The van der Waals surface area contributed by atoms with Crippen molar-refractivity contribution in [2.24, 2.45) is 0 Å². The predicted octanol–water partition coefficient (Wildman–Crippen LogP) is -9.49. The van der Waals surface area contributed by atoms with E-state index >= 15 is 0 Å². The van der Waals surface area contributed by atoms with Gasteiger partial charge in [-0.1, -0.05) is 0 Å². The van der Waals surface area contributed by atoms with Crippen LogP contribution >= 0.6 is 23.5 Å². The summed E-state index contributed by atoms with van der Waals surface area (Å²) >= 11 is 0. The van der Waals surface area contributed by atoms with E-state index in [4.69, 9.17) is 0 Å². The second-order valence-electron chi connectivity index (χ2n) is 4.82. The van der Waals surface area contributed by atoms with Crippen LogP contribution in [0.3, 0.4) is 0 Å². The average Bonchev–Trinajstić information content (AvgIpc) is 2.66. The van der Waals surface area contributed by atoms with Crippen LogP contribution in [0.5, 0.6) is 0 Å². The maximum atomic E-state index is 12.0. The fourth-order valence-corrected chi connectivity index (χ4v) is 2.70. The van der Waals surface area contributed by atoms with Crippen LogP contribution in [0.25, 0.3) is 0 Å². The van der Waals surface area contributed by atoms with E-state index in [2.05, 4.69) is 27.1 Å². The molecule has 0 fully saturated rings. The molecule has 33 heavy (non-hydrogen) atoms. The molecule has 0 aliphatic heterocycles. The summed E-state index contributed by atoms with van der Waals surface area (Å²) in [5, 5.41) is 0. The van der Waals surface area contributed by atoms with E-state index in [0.717, 1.165) is 0 Å². The first-order valence-corrected chi connectivity index (χ1v) is 11.5. The molecule has 168 valence electrons. The van der Waals surface area contributed by atoms with Crippen LogP contribution in [0.4, 0.5) is 0 Å². The zero-order valence-electron chi connectivity index (χ0n) is 18.2. The van der Waals surface area contributed by atoms with E-state index < -0.39 is 58.1 Å². The summed E-state index contributed by atoms with van der Waals surface area (Å²) in [7, 11) is -13.3. The summed E-state index contributed by atoms with van der Waals surface area (Å²) < 4.78 is 57.7. The molecule has 3 unspecified atom stereocenters. The Kier molecular flexibility index (Phi) is 18.8. The number of hydrogen-bond acceptors (Lipinski definition) is 15. The van der Waals surface area contributed by atoms with Crippen molar-refractivity contribution in [1.82, 2.24) is 0 Å². The Morgan fingerprint density at radius 2 is 0.758 bits per heavy atom. The largest absolute Gasteiger partial charge is 1.00 e. The number of carbonyl (C=O) groups is 3. The third-order valence-corrected chi connectivity index (χ3v) is 5.41. The molecule has 0 radical (unpaired) electrons. The molecular formula is C12H12Na3O15P3. The summed E-state index contributed by atoms with van der Waals surface area (Å²) in [5.41, 5.74) is -2.46. The first-order chi connectivity index (χ1) is 13.6. The van der Waals surface area contributed by atoms with Crippen molar-refractivity contribution < 1.29 is 159 Å². The molecule has 0 aliphatic rings. The van der Waals surface area contributed by atoms with Crippen molar-refractivity contribution in [1.29, 1.82) is 0 Å². The van der Waals surface area contributed by atoms with Gasteiger partial charge in [0.25, 0.3) is 0 Å². The molecule has 21 heteroatoms. The van der Waals surface area contributed by atoms with Crippen molar-refractivity contribution in [2.75, 3.05) is 21.3 Å². The molecule has 0 spiro atoms. The van der Waals surface area contributed by atoms with Crippen molar-refractivity contribution >= 4 is 41.4 Å². The summed E-state index contributed by atoms with van der Waals surface area (Å²) in [6.45, 7) is 0. The van der Waals surface area contributed by atoms with Crippen molar-refractivity contribution in [3.05, 3.63) is 34.9 Å². The summed E-state index contributed by atoms with van der Waals surface area (Å²) in [5.74, 6) is -5.02. The molecule has 0 saturated carbocycles. The van der Waals surface area contributed by atoms with Gasteiger partial charge in [0.2, 0.25) is 0 Å². The van der Waals surface area contributed by atoms with Gasteiger partial charge in [0, 0.05) is 21.3 Å². The summed E-state index contributed by atoms with van der Waals surface area (Å²) in [4.78, 5) is 69.8. The number of carbonyl (C=O) groups excluding carboxylic acids is 3. The van der Waals surface area contributed by atoms with Crippen molar-refractivity contribution in [2.45, 2.75) is 0 Å². The quantitative estimate of drug-likeness (QED) is 0.203. The van der Waals surface area contributed by atoms with Gasteiger partial charge in [-0.05, 0) is 18.2 Å². The van der Waals surface area contributed by atoms with Gasteiger partial charge in [-0.2, -0.15) is 0 Å². The van der Waals surface area contributed by atoms with Gasteiger partial charge in [-0.25, -0.2) is 14.4 Å². The smallest absolute Gasteiger partial charge is 0.746 e. The molecule has 1 aromatic rings. The number of benzene rings is 1. The van der Waals surface area contributed by atoms with Crippen LogP contribution in [0.15, 0.2) is 18.2 Å². The second-order valence-corrected chi connectivity index (χ2v) is 9.15. The maximum absolute atomic E-state index is 12.0. The Labute approximate surface area is 253 Å². The zero-order valence-corrected chi connectivity index (χ0v) is 26.9. The van der Waals surface area contributed by atoms with Gasteiger partial charge >= 0.3 is 130 Å². The van der Waals surface area contributed by atoms with Crippen LogP contribution < -0.4 is 103 Å². The molecule has 0 aromatic heterocycles. The van der Waals surface area contributed by atoms with Crippen LogP contribution in [0.1, 0.15) is 31.1 Å². The molecule has 0 bridgehead atoms.